The van der Waals surface area contributed by atoms with Crippen molar-refractivity contribution in [1.29, 1.82) is 0 Å². The average Bonchev–Trinajstić information content (AvgIpc) is 2.73. The molecule has 0 saturated heterocycles. The molecule has 0 spiro atoms. The van der Waals surface area contributed by atoms with Crippen LogP contribution in [0.25, 0.3) is 0 Å². The van der Waals surface area contributed by atoms with E-state index in [1.165, 1.54) is 13.2 Å². The lowest BCUT2D eigenvalue weighted by Gasteiger charge is -2.11. The number of rotatable bonds is 6. The van der Waals surface area contributed by atoms with E-state index in [-0.39, 0.29) is 11.8 Å². The molecule has 1 heterocycles. The first-order valence-electron chi connectivity index (χ1n) is 8.50. The fourth-order valence-corrected chi connectivity index (χ4v) is 2.72. The molecule has 2 N–H and O–H groups in total. The number of anilines is 1. The van der Waals surface area contributed by atoms with Gasteiger partial charge in [-0.05, 0) is 48.5 Å². The van der Waals surface area contributed by atoms with Gasteiger partial charge in [0.05, 0.1) is 25.0 Å². The third-order valence-corrected chi connectivity index (χ3v) is 4.19. The normalized spacial score (nSPS) is 10.2. The molecule has 0 radical (unpaired) electrons. The monoisotopic (exact) mass is 395 g/mol. The van der Waals surface area contributed by atoms with E-state index >= 15 is 0 Å². The van der Waals surface area contributed by atoms with Gasteiger partial charge in [0, 0.05) is 22.3 Å². The standard InChI is InChI=1S/C21H18ClN3O3/c1-28-19-9-8-16(22)12-18(19)25-21(27)15-6-4-5-14(11-15)20(26)24-13-17-7-2-3-10-23-17/h2-12H,13H2,1H3,(H,24,26)(H,25,27). The van der Waals surface area contributed by atoms with Crippen LogP contribution in [0.3, 0.4) is 0 Å². The van der Waals surface area contributed by atoms with E-state index in [1.807, 2.05) is 18.2 Å². The van der Waals surface area contributed by atoms with E-state index in [0.717, 1.165) is 5.69 Å². The number of carbonyl (C=O) groups is 2. The number of hydrogen-bond donors (Lipinski definition) is 2. The van der Waals surface area contributed by atoms with E-state index in [9.17, 15) is 9.59 Å². The maximum atomic E-state index is 12.6. The lowest BCUT2D eigenvalue weighted by atomic mass is 10.1. The van der Waals surface area contributed by atoms with Gasteiger partial charge in [0.25, 0.3) is 11.8 Å². The van der Waals surface area contributed by atoms with Crippen molar-refractivity contribution in [2.24, 2.45) is 0 Å². The number of benzene rings is 2. The predicted octanol–water partition coefficient (Wildman–Crippen LogP) is 3.93. The first-order valence-corrected chi connectivity index (χ1v) is 8.87. The number of hydrogen-bond acceptors (Lipinski definition) is 4. The lowest BCUT2D eigenvalue weighted by molar-refractivity contribution is 0.0950. The summed E-state index contributed by atoms with van der Waals surface area (Å²) in [6.45, 7) is 0.301. The number of amides is 2. The van der Waals surface area contributed by atoms with Crippen LogP contribution in [0.5, 0.6) is 5.75 Å². The molecule has 2 amide bonds. The van der Waals surface area contributed by atoms with Gasteiger partial charge in [-0.3, -0.25) is 14.6 Å². The summed E-state index contributed by atoms with van der Waals surface area (Å²) in [6.07, 6.45) is 1.66. The molecule has 0 bridgehead atoms. The summed E-state index contributed by atoms with van der Waals surface area (Å²) in [5, 5.41) is 6.01. The molecule has 3 aromatic rings. The average molecular weight is 396 g/mol. The molecule has 0 unspecified atom stereocenters. The number of nitrogens with one attached hydrogen (secondary N) is 2. The fourth-order valence-electron chi connectivity index (χ4n) is 2.55. The van der Waals surface area contributed by atoms with Crippen molar-refractivity contribution in [3.63, 3.8) is 0 Å². The minimum absolute atomic E-state index is 0.291. The Kier molecular flexibility index (Phi) is 6.24. The Morgan fingerprint density at radius 2 is 1.79 bits per heavy atom. The molecule has 0 fully saturated rings. The number of methoxy groups -OCH3 is 1. The molecule has 0 aliphatic carbocycles. The van der Waals surface area contributed by atoms with Gasteiger partial charge in [0.1, 0.15) is 5.75 Å². The number of aromatic nitrogens is 1. The molecule has 28 heavy (non-hydrogen) atoms. The van der Waals surface area contributed by atoms with E-state index < -0.39 is 0 Å². The van der Waals surface area contributed by atoms with Crippen LogP contribution < -0.4 is 15.4 Å². The Labute approximate surface area is 167 Å². The summed E-state index contributed by atoms with van der Waals surface area (Å²) >= 11 is 5.99. The van der Waals surface area contributed by atoms with Gasteiger partial charge in [-0.25, -0.2) is 0 Å². The van der Waals surface area contributed by atoms with Gasteiger partial charge in [-0.15, -0.1) is 0 Å². The van der Waals surface area contributed by atoms with Crippen molar-refractivity contribution >= 4 is 29.1 Å². The predicted molar refractivity (Wildman–Crippen MR) is 108 cm³/mol. The zero-order valence-corrected chi connectivity index (χ0v) is 15.9. The van der Waals surface area contributed by atoms with E-state index in [0.29, 0.717) is 34.1 Å². The molecule has 0 atom stereocenters. The van der Waals surface area contributed by atoms with Gasteiger partial charge < -0.3 is 15.4 Å². The minimum atomic E-state index is -0.375. The van der Waals surface area contributed by atoms with Gasteiger partial charge in [-0.1, -0.05) is 23.7 Å². The van der Waals surface area contributed by atoms with Gasteiger partial charge in [-0.2, -0.15) is 0 Å². The van der Waals surface area contributed by atoms with Crippen LogP contribution in [0.2, 0.25) is 5.02 Å². The summed E-state index contributed by atoms with van der Waals surface area (Å²) in [7, 11) is 1.51. The molecule has 0 aliphatic rings. The van der Waals surface area contributed by atoms with E-state index in [1.54, 1.807) is 42.6 Å². The van der Waals surface area contributed by atoms with Crippen LogP contribution in [0, 0.1) is 0 Å². The van der Waals surface area contributed by atoms with Crippen LogP contribution in [0.15, 0.2) is 66.9 Å². The quantitative estimate of drug-likeness (QED) is 0.662. The Morgan fingerprint density at radius 1 is 1.00 bits per heavy atom. The van der Waals surface area contributed by atoms with Crippen molar-refractivity contribution < 1.29 is 14.3 Å². The van der Waals surface area contributed by atoms with E-state index in [2.05, 4.69) is 15.6 Å². The molecule has 3 rings (SSSR count). The van der Waals surface area contributed by atoms with Crippen molar-refractivity contribution in [2.75, 3.05) is 12.4 Å². The Bertz CT molecular complexity index is 993. The maximum Gasteiger partial charge on any atom is 0.255 e. The molecule has 1 aromatic heterocycles. The zero-order chi connectivity index (χ0) is 19.9. The summed E-state index contributed by atoms with van der Waals surface area (Å²) in [5.74, 6) is -0.178. The Hall–Kier alpha value is -3.38. The second-order valence-electron chi connectivity index (χ2n) is 5.88. The van der Waals surface area contributed by atoms with Gasteiger partial charge >= 0.3 is 0 Å². The highest BCUT2D eigenvalue weighted by atomic mass is 35.5. The summed E-state index contributed by atoms with van der Waals surface area (Å²) in [4.78, 5) is 29.1. The molecule has 7 heteroatoms. The maximum absolute atomic E-state index is 12.6. The van der Waals surface area contributed by atoms with Crippen molar-refractivity contribution in [3.8, 4) is 5.75 Å². The van der Waals surface area contributed by atoms with Gasteiger partial charge in [0.2, 0.25) is 0 Å². The number of ether oxygens (including phenoxy) is 1. The van der Waals surface area contributed by atoms with Crippen LogP contribution in [0.1, 0.15) is 26.4 Å². The van der Waals surface area contributed by atoms with Gasteiger partial charge in [0.15, 0.2) is 0 Å². The summed E-state index contributed by atoms with van der Waals surface area (Å²) in [5.41, 5.74) is 1.91. The number of pyridine rings is 1. The molecule has 2 aromatic carbocycles. The summed E-state index contributed by atoms with van der Waals surface area (Å²) < 4.78 is 5.23. The highest BCUT2D eigenvalue weighted by Crippen LogP contribution is 2.28. The number of carbonyl (C=O) groups excluding carboxylic acids is 2. The van der Waals surface area contributed by atoms with Crippen LogP contribution in [0.4, 0.5) is 5.69 Å². The molecular formula is C21H18ClN3O3. The van der Waals surface area contributed by atoms with Crippen LogP contribution in [-0.2, 0) is 6.54 Å². The summed E-state index contributed by atoms with van der Waals surface area (Å²) in [6, 6.07) is 16.9. The third kappa shape index (κ3) is 4.86. The fraction of sp³-hybridized carbons (Fsp3) is 0.0952. The Balaban J connectivity index is 1.71. The van der Waals surface area contributed by atoms with Crippen molar-refractivity contribution in [2.45, 2.75) is 6.54 Å². The largest absolute Gasteiger partial charge is 0.495 e. The first-order chi connectivity index (χ1) is 13.6. The molecule has 0 saturated carbocycles. The minimum Gasteiger partial charge on any atom is -0.495 e. The SMILES string of the molecule is COc1ccc(Cl)cc1NC(=O)c1cccc(C(=O)NCc2ccccn2)c1. The highest BCUT2D eigenvalue weighted by Gasteiger charge is 2.13. The molecule has 6 nitrogen and oxygen atoms in total. The molecule has 0 aliphatic heterocycles. The number of nitrogens with zero attached hydrogens (tertiary/aromatic N) is 1. The molecule has 142 valence electrons. The topological polar surface area (TPSA) is 80.3 Å². The lowest BCUT2D eigenvalue weighted by Crippen LogP contribution is -2.23. The van der Waals surface area contributed by atoms with Crippen molar-refractivity contribution in [3.05, 3.63) is 88.7 Å². The van der Waals surface area contributed by atoms with Crippen LogP contribution in [-0.4, -0.2) is 23.9 Å². The number of halogens is 1. The highest BCUT2D eigenvalue weighted by molar-refractivity contribution is 6.31. The molecular weight excluding hydrogens is 378 g/mol. The Morgan fingerprint density at radius 3 is 2.50 bits per heavy atom. The second kappa shape index (κ2) is 9.01. The zero-order valence-electron chi connectivity index (χ0n) is 15.1. The first kappa shape index (κ1) is 19.4. The van der Waals surface area contributed by atoms with E-state index in [4.69, 9.17) is 16.3 Å². The third-order valence-electron chi connectivity index (χ3n) is 3.95. The second-order valence-corrected chi connectivity index (χ2v) is 6.32. The van der Waals surface area contributed by atoms with Crippen LogP contribution >= 0.6 is 11.6 Å². The van der Waals surface area contributed by atoms with Crippen molar-refractivity contribution in [1.82, 2.24) is 10.3 Å². The smallest absolute Gasteiger partial charge is 0.255 e.